The summed E-state index contributed by atoms with van der Waals surface area (Å²) >= 11 is 0. The molecule has 23 N–H and O–H groups in total. The molecule has 0 bridgehead atoms. The Balaban J connectivity index is 1.63. The van der Waals surface area contributed by atoms with Gasteiger partial charge in [-0.25, -0.2) is 30.5 Å². The number of primary amides is 1. The van der Waals surface area contributed by atoms with Crippen molar-refractivity contribution in [2.75, 3.05) is 32.8 Å². The van der Waals surface area contributed by atoms with Gasteiger partial charge in [0.25, 0.3) is 0 Å². The molecule has 15 atom stereocenters. The number of carbonyl (C=O) groups is 17. The number of rotatable bonds is 39. The van der Waals surface area contributed by atoms with Gasteiger partial charge >= 0.3 is 5.97 Å². The number of allylic oxidation sites excluding steroid dienone is 2. The quantitative estimate of drug-likeness (QED) is 0.0170. The number of phenolic OH excluding ortho intramolecular Hbond substituents is 1. The first-order chi connectivity index (χ1) is 62.8. The van der Waals surface area contributed by atoms with E-state index in [1.165, 1.54) is 45.0 Å². The molecule has 1 aromatic heterocycles. The Labute approximate surface area is 773 Å². The molecule has 2 heterocycles. The molecule has 3 aromatic carbocycles. The van der Waals surface area contributed by atoms with Crippen molar-refractivity contribution < 1.29 is 111 Å². The van der Waals surface area contributed by atoms with Crippen LogP contribution in [0.15, 0.2) is 85.1 Å². The lowest BCUT2D eigenvalue weighted by Crippen LogP contribution is -2.64. The summed E-state index contributed by atoms with van der Waals surface area (Å²) in [7, 11) is 0. The number of amides is 8. The van der Waals surface area contributed by atoms with Gasteiger partial charge < -0.3 is 90.0 Å². The van der Waals surface area contributed by atoms with Gasteiger partial charge in [-0.3, -0.25) is 81.5 Å². The number of Topliss-reactive ketones (excluding diaryl/α,β-unsaturated/α-hetero) is 8. The summed E-state index contributed by atoms with van der Waals surface area (Å²) in [6, 6.07) is -1.87. The van der Waals surface area contributed by atoms with Crippen LogP contribution < -0.4 is 86.3 Å². The largest absolute Gasteiger partial charge is 0.508 e. The summed E-state index contributed by atoms with van der Waals surface area (Å²) < 4.78 is 29.7. The minimum Gasteiger partial charge on any atom is -0.508 e. The summed E-state index contributed by atoms with van der Waals surface area (Å²) in [6.07, 6.45) is 1.40. The van der Waals surface area contributed by atoms with Crippen molar-refractivity contribution in [3.8, 4) is 5.75 Å². The number of halogens is 2. The highest BCUT2D eigenvalue weighted by molar-refractivity contribution is 6.43. The number of aromatic hydroxyl groups is 1. The van der Waals surface area contributed by atoms with E-state index < -0.39 is 241 Å². The fraction of sp³-hybridized carbons (Fsp3) is 0.581. The van der Waals surface area contributed by atoms with Crippen molar-refractivity contribution in [2.24, 2.45) is 23.3 Å². The third-order valence-electron chi connectivity index (χ3n) is 23.2. The fourth-order valence-corrected chi connectivity index (χ4v) is 14.8. The third-order valence-corrected chi connectivity index (χ3v) is 23.2. The third kappa shape index (κ3) is 38.4. The number of hydrogen-bond acceptors (Lipinski definition) is 28. The lowest BCUT2D eigenvalue weighted by molar-refractivity contribution is -0.145. The van der Waals surface area contributed by atoms with Gasteiger partial charge in [-0.15, -0.1) is 0 Å². The molecule has 0 saturated heterocycles. The molecular weight excluding hydrogens is 1730 g/mol. The first kappa shape index (κ1) is 112. The number of nitrogens with two attached hydrogens (primary N) is 2. The number of para-hydroxylation sites is 1. The SMILES string of the molecule is CC(=O)N[C@@H](CC(C)C)C(=O)N[C@H](C(=O)N[C@@H](Cc1ccc(F)c(F)c1)C(=O)N[C@]1(C)CCCCCC/C=C/CCC[C@@](C)(C(=O)N[C@@H](CO)C(=O)CN[C@@H](C)C(=O)CCN[C@@H](C)C(=O)CN)NC(=O)[C@H](CCC(C)C)NN[C@@H](CCC(N)=O)C(=O)CN[C@@H](C)C(=O)CC(=O)[C@H](Cc2c[nH]c3ccccc23)NN[C@@H](Cc2ccc(O)cc2)C(=O)N[C@@H](CCC(=O)O)C(=O)C1=O)[C@@H](C)O. The van der Waals surface area contributed by atoms with Crippen molar-refractivity contribution in [1.82, 2.24) is 79.9 Å². The highest BCUT2D eigenvalue weighted by Crippen LogP contribution is 2.26. The molecule has 0 radical (unpaired) electrons. The Hall–Kier alpha value is -11.2. The van der Waals surface area contributed by atoms with E-state index in [4.69, 9.17) is 11.5 Å². The molecule has 0 aliphatic carbocycles. The van der Waals surface area contributed by atoms with Crippen LogP contribution in [0.3, 0.4) is 0 Å². The first-order valence-electron chi connectivity index (χ1n) is 45.3. The normalized spacial score (nSPS) is 22.2. The number of ketones is 8. The van der Waals surface area contributed by atoms with Gasteiger partial charge in [0, 0.05) is 56.3 Å². The lowest BCUT2D eigenvalue weighted by atomic mass is 9.84. The molecule has 734 valence electrons. The Morgan fingerprint density at radius 1 is 0.609 bits per heavy atom. The number of carboxylic acids is 1. The zero-order valence-corrected chi connectivity index (χ0v) is 77.8. The molecule has 1 aliphatic rings. The molecular formula is C93H137F2N17O21. The second-order valence-corrected chi connectivity index (χ2v) is 35.5. The fourth-order valence-electron chi connectivity index (χ4n) is 14.8. The van der Waals surface area contributed by atoms with Crippen LogP contribution in [0.5, 0.6) is 5.75 Å². The maximum atomic E-state index is 15.6. The van der Waals surface area contributed by atoms with E-state index in [1.54, 1.807) is 51.2 Å². The van der Waals surface area contributed by atoms with Crippen LogP contribution in [0.1, 0.15) is 208 Å². The van der Waals surface area contributed by atoms with E-state index in [9.17, 15) is 87.1 Å². The van der Waals surface area contributed by atoms with Crippen molar-refractivity contribution in [3.63, 3.8) is 0 Å². The zero-order chi connectivity index (χ0) is 99.0. The highest BCUT2D eigenvalue weighted by atomic mass is 19.2. The van der Waals surface area contributed by atoms with Gasteiger partial charge in [0.05, 0.1) is 81.1 Å². The maximum Gasteiger partial charge on any atom is 0.303 e. The summed E-state index contributed by atoms with van der Waals surface area (Å²) in [5.41, 5.74) is 19.9. The van der Waals surface area contributed by atoms with E-state index in [0.29, 0.717) is 47.7 Å². The van der Waals surface area contributed by atoms with Crippen molar-refractivity contribution >= 4 is 110 Å². The highest BCUT2D eigenvalue weighted by Gasteiger charge is 2.45. The van der Waals surface area contributed by atoms with E-state index in [0.717, 1.165) is 39.0 Å². The number of nitrogens with one attached hydrogen (secondary N) is 15. The number of benzene rings is 3. The topological polar surface area (TPSA) is 607 Å². The second-order valence-electron chi connectivity index (χ2n) is 35.5. The number of carboxylic acid groups (broad SMARTS) is 1. The van der Waals surface area contributed by atoms with E-state index in [1.807, 2.05) is 26.0 Å². The molecule has 4 aromatic rings. The minimum atomic E-state index is -2.38. The molecule has 38 nitrogen and oxygen atoms in total. The summed E-state index contributed by atoms with van der Waals surface area (Å²) in [5.74, 6) is -18.5. The molecule has 0 fully saturated rings. The molecule has 133 heavy (non-hydrogen) atoms. The standard InChI is InChI=1S/C93H137F2N17O21/c1-52(2)25-32-69-88(130)108-93(11,91(133)105-74(51-113)80(122)50-99-54(5)75(117)37-40-98-56(7)78(120)47-96)39-22-18-16-14-12-13-15-17-21-38-92(10,107-89(131)72(44-60-28-31-64(94)65(95)42-60)104-90(132)83(57(8)114)106-86(128)71(41-53(3)4)102-58(9)115)85(127)84(126)68(34-36-82(124)125)103-87(129)73(43-59-26-29-62(116)30-27-59)112-111-70(45-61-48-101-66-24-20-19-23-63(61)66)77(119)46-76(118)55(6)100-49-79(121)67(109-110-69)33-35-81(97)123/h14,16,19-20,23-24,26-31,42,48,52-57,67-74,83,98-101,109-114,116H,12-13,15,17-18,21-22,25,32-41,43-47,49-51,96H2,1-11H3,(H2,97,123)(H,102,115)(H,103,129)(H,104,132)(H,105,133)(H,106,128)(H,107,131)(H,108,130)(H,124,125)/b16-14+/t54-,55-,56-,57+,67-,68-,69-,70-,71-,72-,73-,74-,83-,92+,93-/m0/s1. The Bertz CT molecular complexity index is 4680. The number of aromatic amines is 1. The lowest BCUT2D eigenvalue weighted by Gasteiger charge is -2.33. The molecule has 1 aliphatic heterocycles. The number of aliphatic carboxylic acids is 1. The van der Waals surface area contributed by atoms with Crippen LogP contribution in [-0.4, -0.2) is 247 Å². The number of carbonyl (C=O) groups excluding carboxylic acids is 16. The molecule has 0 saturated carbocycles. The van der Waals surface area contributed by atoms with Gasteiger partial charge in [0.1, 0.15) is 47.0 Å². The monoisotopic (exact) mass is 1870 g/mol. The van der Waals surface area contributed by atoms with Gasteiger partial charge in [-0.05, 0) is 184 Å². The number of aliphatic hydroxyl groups excluding tert-OH is 2. The molecule has 40 heteroatoms. The van der Waals surface area contributed by atoms with Crippen molar-refractivity contribution in [3.05, 3.63) is 113 Å². The number of aliphatic hydroxyl groups is 2. The Morgan fingerprint density at radius 2 is 1.25 bits per heavy atom. The zero-order valence-electron chi connectivity index (χ0n) is 77.8. The summed E-state index contributed by atoms with van der Waals surface area (Å²) in [6.45, 7) is 14.6. The molecule has 8 amide bonds. The maximum absolute atomic E-state index is 15.6. The summed E-state index contributed by atoms with van der Waals surface area (Å²) in [4.78, 5) is 243. The molecule has 0 unspecified atom stereocenters. The molecule has 0 spiro atoms. The predicted octanol–water partition coefficient (Wildman–Crippen LogP) is 1.33. The van der Waals surface area contributed by atoms with Gasteiger partial charge in [0.2, 0.25) is 58.8 Å². The van der Waals surface area contributed by atoms with Gasteiger partial charge in [0.15, 0.2) is 46.3 Å². The Kier molecular flexibility index (Phi) is 47.4. The van der Waals surface area contributed by atoms with Crippen LogP contribution in [-0.2, 0) is 101 Å². The van der Waals surface area contributed by atoms with Crippen LogP contribution >= 0.6 is 0 Å². The smallest absolute Gasteiger partial charge is 0.303 e. The van der Waals surface area contributed by atoms with Crippen molar-refractivity contribution in [2.45, 2.75) is 301 Å². The van der Waals surface area contributed by atoms with Crippen LogP contribution in [0, 0.1) is 23.5 Å². The van der Waals surface area contributed by atoms with E-state index in [2.05, 4.69) is 79.9 Å². The average Bonchev–Trinajstić information content (AvgIpc) is 1.35. The Morgan fingerprint density at radius 3 is 1.89 bits per heavy atom. The molecule has 5 rings (SSSR count). The van der Waals surface area contributed by atoms with Crippen molar-refractivity contribution in [1.29, 1.82) is 0 Å². The van der Waals surface area contributed by atoms with E-state index >= 15 is 23.6 Å². The van der Waals surface area contributed by atoms with Crippen LogP contribution in [0.4, 0.5) is 8.78 Å². The number of hydrogen-bond donors (Lipinski definition) is 21. The predicted molar refractivity (Wildman–Crippen MR) is 489 cm³/mol. The van der Waals surface area contributed by atoms with Crippen LogP contribution in [0.25, 0.3) is 10.9 Å². The van der Waals surface area contributed by atoms with Gasteiger partial charge in [-0.1, -0.05) is 95.5 Å². The number of fused-ring (bicyclic) bond motifs is 1. The number of phenols is 1. The first-order valence-corrected chi connectivity index (χ1v) is 45.3. The number of hydrazine groups is 2. The summed E-state index contributed by atoms with van der Waals surface area (Å²) in [5, 5.41) is 69.5. The minimum absolute atomic E-state index is 0.0122. The number of H-pyrrole nitrogens is 1. The average molecular weight is 1870 g/mol. The van der Waals surface area contributed by atoms with Crippen LogP contribution in [0.2, 0.25) is 0 Å². The van der Waals surface area contributed by atoms with E-state index in [-0.39, 0.29) is 125 Å². The number of aromatic nitrogens is 1. The van der Waals surface area contributed by atoms with Gasteiger partial charge in [-0.2, -0.15) is 0 Å². The second kappa shape index (κ2) is 56.1.